The van der Waals surface area contributed by atoms with Crippen LogP contribution in [0.1, 0.15) is 11.4 Å². The minimum Gasteiger partial charge on any atom is -0.487 e. The van der Waals surface area contributed by atoms with E-state index < -0.39 is 6.67 Å². The van der Waals surface area contributed by atoms with Crippen molar-refractivity contribution in [3.63, 3.8) is 0 Å². The van der Waals surface area contributed by atoms with Gasteiger partial charge in [0.2, 0.25) is 0 Å². The smallest absolute Gasteiger partial charge is 0.258 e. The molecule has 6 nitrogen and oxygen atoms in total. The molecule has 0 bridgehead atoms. The molecule has 0 saturated heterocycles. The molecule has 0 amide bonds. The van der Waals surface area contributed by atoms with Crippen LogP contribution in [0.3, 0.4) is 0 Å². The number of hydrogen-bond acceptors (Lipinski definition) is 4. The first-order chi connectivity index (χ1) is 16.5. The van der Waals surface area contributed by atoms with Crippen molar-refractivity contribution in [1.82, 2.24) is 19.0 Å². The van der Waals surface area contributed by atoms with Crippen LogP contribution in [0.15, 0.2) is 65.9 Å². The molecule has 0 spiro atoms. The van der Waals surface area contributed by atoms with Crippen LogP contribution in [-0.4, -0.2) is 38.8 Å². The van der Waals surface area contributed by atoms with Crippen LogP contribution < -0.4 is 10.3 Å². The number of rotatable bonds is 6. The molecule has 0 radical (unpaired) electrons. The van der Waals surface area contributed by atoms with E-state index in [1.165, 1.54) is 6.07 Å². The van der Waals surface area contributed by atoms with Gasteiger partial charge < -0.3 is 14.2 Å². The van der Waals surface area contributed by atoms with Gasteiger partial charge in [0, 0.05) is 67.1 Å². The lowest BCUT2D eigenvalue weighted by molar-refractivity contribution is 0.300. The average molecular weight is 499 g/mol. The summed E-state index contributed by atoms with van der Waals surface area (Å²) in [5.41, 5.74) is 3.10. The molecule has 5 rings (SSSR count). The van der Waals surface area contributed by atoms with Crippen LogP contribution in [0.5, 0.6) is 5.75 Å². The predicted octanol–water partition coefficient (Wildman–Crippen LogP) is 5.33. The number of halogens is 3. The molecule has 1 aromatic carbocycles. The Hall–Kier alpha value is -3.29. The highest BCUT2D eigenvalue weighted by molar-refractivity contribution is 6.36. The topological polar surface area (TPSA) is 52.3 Å². The van der Waals surface area contributed by atoms with Gasteiger partial charge in [-0.25, -0.2) is 4.39 Å². The summed E-state index contributed by atoms with van der Waals surface area (Å²) in [7, 11) is 0. The van der Waals surface area contributed by atoms with Crippen LogP contribution in [0.25, 0.3) is 22.8 Å². The third-order valence-electron chi connectivity index (χ3n) is 5.80. The number of benzene rings is 1. The maximum absolute atomic E-state index is 12.8. The Bertz CT molecular complexity index is 1430. The van der Waals surface area contributed by atoms with E-state index in [9.17, 15) is 9.18 Å². The van der Waals surface area contributed by atoms with E-state index in [1.54, 1.807) is 35.2 Å². The summed E-state index contributed by atoms with van der Waals surface area (Å²) in [6, 6.07) is 12.4. The molecule has 0 fully saturated rings. The third-order valence-corrected chi connectivity index (χ3v) is 6.44. The second-order valence-corrected chi connectivity index (χ2v) is 8.75. The summed E-state index contributed by atoms with van der Waals surface area (Å²) in [6.45, 7) is 0.887. The molecule has 0 N–H and O–H groups in total. The molecule has 174 valence electrons. The molecule has 1 aliphatic rings. The highest BCUT2D eigenvalue weighted by Gasteiger charge is 2.18. The minimum atomic E-state index is -0.395. The van der Waals surface area contributed by atoms with Crippen molar-refractivity contribution in [3.8, 4) is 11.4 Å². The Kier molecular flexibility index (Phi) is 6.30. The lowest BCUT2D eigenvalue weighted by Crippen LogP contribution is -2.21. The van der Waals surface area contributed by atoms with Gasteiger partial charge in [-0.05, 0) is 36.4 Å². The van der Waals surface area contributed by atoms with Crippen LogP contribution in [0.4, 0.5) is 4.39 Å². The highest BCUT2D eigenvalue weighted by atomic mass is 35.5. The number of nitrogens with zero attached hydrogens (tertiary/aromatic N) is 4. The predicted molar refractivity (Wildman–Crippen MR) is 133 cm³/mol. The summed E-state index contributed by atoms with van der Waals surface area (Å²) in [5.74, 6) is 0.454. The Balaban J connectivity index is 1.41. The number of hydrogen-bond donors (Lipinski definition) is 0. The largest absolute Gasteiger partial charge is 0.487 e. The average Bonchev–Trinajstić information content (AvgIpc) is 2.96. The Morgan fingerprint density at radius 3 is 2.74 bits per heavy atom. The maximum atomic E-state index is 12.8. The van der Waals surface area contributed by atoms with E-state index in [2.05, 4.69) is 4.98 Å². The number of alkyl halides is 1. The number of fused-ring (bicyclic) bond motifs is 3. The molecule has 4 heterocycles. The molecule has 0 saturated carbocycles. The zero-order valence-corrected chi connectivity index (χ0v) is 19.6. The molecule has 0 atom stereocenters. The standard InChI is InChI=1S/C25H21Cl2FN4O2/c26-17-1-2-18(29-15-17)16-34-20-5-9-31(24(33)14-20)19-3-4-22-21(13-19)25(27)23-6-8-30(10-7-28)11-12-32(22)23/h1-5,9,11-15H,6-8,10,16H2. The number of ether oxygens (including phenoxy) is 1. The van der Waals surface area contributed by atoms with Crippen molar-refractivity contribution in [2.75, 3.05) is 19.8 Å². The molecule has 4 aromatic rings. The second kappa shape index (κ2) is 9.52. The monoisotopic (exact) mass is 498 g/mol. The Labute approximate surface area is 205 Å². The summed E-state index contributed by atoms with van der Waals surface area (Å²) < 4.78 is 22.0. The summed E-state index contributed by atoms with van der Waals surface area (Å²) in [5, 5.41) is 2.06. The van der Waals surface area contributed by atoms with Gasteiger partial charge in [-0.2, -0.15) is 0 Å². The van der Waals surface area contributed by atoms with E-state index in [4.69, 9.17) is 27.9 Å². The first-order valence-electron chi connectivity index (χ1n) is 10.8. The molecule has 9 heteroatoms. The number of pyridine rings is 2. The minimum absolute atomic E-state index is 0.223. The first-order valence-corrected chi connectivity index (χ1v) is 11.6. The van der Waals surface area contributed by atoms with Gasteiger partial charge in [-0.15, -0.1) is 0 Å². The first kappa shape index (κ1) is 22.5. The van der Waals surface area contributed by atoms with Crippen molar-refractivity contribution in [2.45, 2.75) is 13.0 Å². The van der Waals surface area contributed by atoms with Crippen molar-refractivity contribution in [2.24, 2.45) is 0 Å². The van der Waals surface area contributed by atoms with Gasteiger partial charge in [-0.3, -0.25) is 14.3 Å². The lowest BCUT2D eigenvalue weighted by Gasteiger charge is -2.15. The van der Waals surface area contributed by atoms with E-state index in [0.717, 1.165) is 16.6 Å². The summed E-state index contributed by atoms with van der Waals surface area (Å²) in [6.07, 6.45) is 7.74. The second-order valence-electron chi connectivity index (χ2n) is 7.93. The van der Waals surface area contributed by atoms with Gasteiger partial charge in [-0.1, -0.05) is 23.2 Å². The van der Waals surface area contributed by atoms with Gasteiger partial charge >= 0.3 is 0 Å². The molecule has 0 aliphatic carbocycles. The van der Waals surface area contributed by atoms with Crippen LogP contribution in [0, 0.1) is 0 Å². The van der Waals surface area contributed by atoms with E-state index in [1.807, 2.05) is 40.1 Å². The van der Waals surface area contributed by atoms with Gasteiger partial charge in [0.15, 0.2) is 0 Å². The number of aromatic nitrogens is 3. The van der Waals surface area contributed by atoms with Crippen molar-refractivity contribution in [3.05, 3.63) is 92.8 Å². The zero-order valence-electron chi connectivity index (χ0n) is 18.1. The van der Waals surface area contributed by atoms with E-state index in [0.29, 0.717) is 46.7 Å². The Morgan fingerprint density at radius 2 is 1.97 bits per heavy atom. The molecule has 3 aromatic heterocycles. The molecular weight excluding hydrogens is 478 g/mol. The van der Waals surface area contributed by atoms with Crippen molar-refractivity contribution in [1.29, 1.82) is 0 Å². The van der Waals surface area contributed by atoms with Gasteiger partial charge in [0.25, 0.3) is 5.56 Å². The summed E-state index contributed by atoms with van der Waals surface area (Å²) in [4.78, 5) is 18.9. The van der Waals surface area contributed by atoms with E-state index >= 15 is 0 Å². The van der Waals surface area contributed by atoms with Crippen LogP contribution in [-0.2, 0) is 13.0 Å². The van der Waals surface area contributed by atoms with Crippen LogP contribution >= 0.6 is 23.2 Å². The quantitative estimate of drug-likeness (QED) is 0.360. The molecule has 0 unspecified atom stereocenters. The van der Waals surface area contributed by atoms with Crippen molar-refractivity contribution < 1.29 is 9.13 Å². The third kappa shape index (κ3) is 4.41. The van der Waals surface area contributed by atoms with E-state index in [-0.39, 0.29) is 12.2 Å². The molecule has 1 aliphatic heterocycles. The van der Waals surface area contributed by atoms with Gasteiger partial charge in [0.1, 0.15) is 19.0 Å². The normalized spacial score (nSPS) is 13.2. The van der Waals surface area contributed by atoms with Crippen molar-refractivity contribution >= 4 is 40.3 Å². The highest BCUT2D eigenvalue weighted by Crippen LogP contribution is 2.34. The van der Waals surface area contributed by atoms with Crippen LogP contribution in [0.2, 0.25) is 10.0 Å². The Morgan fingerprint density at radius 1 is 1.09 bits per heavy atom. The maximum Gasteiger partial charge on any atom is 0.258 e. The lowest BCUT2D eigenvalue weighted by atomic mass is 10.2. The molecular formula is C25H21Cl2FN4O2. The summed E-state index contributed by atoms with van der Waals surface area (Å²) >= 11 is 12.6. The zero-order chi connectivity index (χ0) is 23.7. The fraction of sp³-hybridized carbons (Fsp3) is 0.200. The fourth-order valence-corrected chi connectivity index (χ4v) is 4.51. The SMILES string of the molecule is O=c1cc(OCc2ccc(Cl)cn2)ccn1-c1ccc2c(c1)c(Cl)c1n2C=CN(CCF)CC1. The molecule has 34 heavy (non-hydrogen) atoms. The van der Waals surface area contributed by atoms with Gasteiger partial charge in [0.05, 0.1) is 21.3 Å². The fourth-order valence-electron chi connectivity index (χ4n) is 4.06.